The van der Waals surface area contributed by atoms with E-state index in [0.29, 0.717) is 6.54 Å². The number of carbonyl (C=O) groups excluding carboxylic acids is 1. The molecule has 3 heterocycles. The third-order valence-electron chi connectivity index (χ3n) is 4.66. The van der Waals surface area contributed by atoms with E-state index in [1.54, 1.807) is 0 Å². The second-order valence-electron chi connectivity index (χ2n) is 6.13. The highest BCUT2D eigenvalue weighted by Gasteiger charge is 2.32. The lowest BCUT2D eigenvalue weighted by Crippen LogP contribution is -2.50. The zero-order chi connectivity index (χ0) is 15.7. The van der Waals surface area contributed by atoms with Crippen molar-refractivity contribution in [3.8, 4) is 0 Å². The van der Waals surface area contributed by atoms with Gasteiger partial charge in [-0.1, -0.05) is 0 Å². The minimum absolute atomic E-state index is 0.129. The van der Waals surface area contributed by atoms with Crippen molar-refractivity contribution in [2.75, 3.05) is 33.3 Å². The summed E-state index contributed by atoms with van der Waals surface area (Å²) >= 11 is 0. The first-order valence-electron chi connectivity index (χ1n) is 7.87. The molecule has 1 fully saturated rings. The summed E-state index contributed by atoms with van der Waals surface area (Å²) in [5.41, 5.74) is 0.842. The van der Waals surface area contributed by atoms with Crippen molar-refractivity contribution in [2.24, 2.45) is 7.05 Å². The Labute approximate surface area is 131 Å². The van der Waals surface area contributed by atoms with E-state index in [9.17, 15) is 4.79 Å². The van der Waals surface area contributed by atoms with Gasteiger partial charge < -0.3 is 14.2 Å². The van der Waals surface area contributed by atoms with Crippen LogP contribution in [0.25, 0.3) is 0 Å². The highest BCUT2D eigenvalue weighted by molar-refractivity contribution is 5.94. The van der Waals surface area contributed by atoms with Crippen LogP contribution < -0.4 is 0 Å². The molecule has 0 aliphatic carbocycles. The molecule has 120 valence electrons. The predicted molar refractivity (Wildman–Crippen MR) is 83.0 cm³/mol. The van der Waals surface area contributed by atoms with Crippen LogP contribution in [0.15, 0.2) is 23.7 Å². The summed E-state index contributed by atoms with van der Waals surface area (Å²) in [5, 5.41) is 0. The van der Waals surface area contributed by atoms with Crippen molar-refractivity contribution >= 4 is 5.91 Å². The Bertz CT molecular complexity index is 593. The molecule has 0 bridgehead atoms. The van der Waals surface area contributed by atoms with Crippen LogP contribution in [-0.4, -0.2) is 58.5 Å². The van der Waals surface area contributed by atoms with Crippen LogP contribution in [0.4, 0.5) is 0 Å². The Balaban J connectivity index is 1.78. The summed E-state index contributed by atoms with van der Waals surface area (Å²) < 4.78 is 7.58. The average Bonchev–Trinajstić information content (AvgIpc) is 2.93. The lowest BCUT2D eigenvalue weighted by atomic mass is 10.0. The molecule has 1 aromatic rings. The Morgan fingerprint density at radius 2 is 2.18 bits per heavy atom. The van der Waals surface area contributed by atoms with Gasteiger partial charge in [0.2, 0.25) is 0 Å². The molecule has 0 N–H and O–H groups in total. The van der Waals surface area contributed by atoms with Gasteiger partial charge in [0.05, 0.1) is 18.2 Å². The van der Waals surface area contributed by atoms with Gasteiger partial charge >= 0.3 is 0 Å². The van der Waals surface area contributed by atoms with E-state index in [4.69, 9.17) is 4.74 Å². The summed E-state index contributed by atoms with van der Waals surface area (Å²) in [7, 11) is 4.09. The number of ether oxygens (including phenoxy) is 1. The molecule has 1 atom stereocenters. The number of nitrogens with zero attached hydrogens (tertiary/aromatic N) is 4. The first-order chi connectivity index (χ1) is 10.6. The lowest BCUT2D eigenvalue weighted by Gasteiger charge is -2.39. The molecule has 1 amide bonds. The summed E-state index contributed by atoms with van der Waals surface area (Å²) in [4.78, 5) is 21.5. The number of likely N-dealkylation sites (N-methyl/N-ethyl adjacent to an activating group) is 1. The van der Waals surface area contributed by atoms with Crippen LogP contribution >= 0.6 is 0 Å². The van der Waals surface area contributed by atoms with Gasteiger partial charge in [0.25, 0.3) is 5.91 Å². The van der Waals surface area contributed by atoms with Gasteiger partial charge in [0.1, 0.15) is 11.6 Å². The number of piperazine rings is 1. The highest BCUT2D eigenvalue weighted by Crippen LogP contribution is 2.26. The van der Waals surface area contributed by atoms with E-state index < -0.39 is 0 Å². The summed E-state index contributed by atoms with van der Waals surface area (Å²) in [6, 6.07) is 0.142. The Hall–Kier alpha value is -1.82. The molecule has 6 heteroatoms. The number of carbonyl (C=O) groups is 1. The number of aromatic nitrogens is 2. The zero-order valence-corrected chi connectivity index (χ0v) is 13.6. The summed E-state index contributed by atoms with van der Waals surface area (Å²) in [6.07, 6.45) is 5.51. The molecule has 0 spiro atoms. The maximum Gasteiger partial charge on any atom is 0.253 e. The van der Waals surface area contributed by atoms with E-state index in [-0.39, 0.29) is 11.9 Å². The first kappa shape index (κ1) is 15.1. The lowest BCUT2D eigenvalue weighted by molar-refractivity contribution is -0.130. The van der Waals surface area contributed by atoms with E-state index in [2.05, 4.69) is 16.9 Å². The SMILES string of the molecule is CC1=C(C(=O)N2CCN(C)C(c3nccn3C)C2)CCCO1. The monoisotopic (exact) mass is 304 g/mol. The third kappa shape index (κ3) is 2.75. The van der Waals surface area contributed by atoms with Crippen LogP contribution in [-0.2, 0) is 16.6 Å². The maximum atomic E-state index is 12.8. The molecule has 1 saturated heterocycles. The molecular formula is C16H24N4O2. The van der Waals surface area contributed by atoms with Crippen LogP contribution in [0.3, 0.4) is 0 Å². The fourth-order valence-corrected chi connectivity index (χ4v) is 3.22. The summed E-state index contributed by atoms with van der Waals surface area (Å²) in [6.45, 7) is 4.92. The molecule has 0 saturated carbocycles. The molecule has 1 aromatic heterocycles. The highest BCUT2D eigenvalue weighted by atomic mass is 16.5. The Morgan fingerprint density at radius 1 is 1.36 bits per heavy atom. The quantitative estimate of drug-likeness (QED) is 0.827. The number of amides is 1. The standard InChI is InChI=1S/C16H24N4O2/c1-12-13(5-4-10-22-12)16(21)20-9-8-18(2)14(11-20)15-17-6-7-19(15)3/h6-7,14H,4-5,8-11H2,1-3H3. The van der Waals surface area contributed by atoms with E-state index >= 15 is 0 Å². The van der Waals surface area contributed by atoms with Crippen molar-refractivity contribution in [3.63, 3.8) is 0 Å². The van der Waals surface area contributed by atoms with Gasteiger partial charge in [0.15, 0.2) is 0 Å². The molecule has 1 unspecified atom stereocenters. The average molecular weight is 304 g/mol. The van der Waals surface area contributed by atoms with Crippen molar-refractivity contribution in [3.05, 3.63) is 29.6 Å². The normalized spacial score (nSPS) is 23.6. The predicted octanol–water partition coefficient (Wildman–Crippen LogP) is 1.32. The molecule has 3 rings (SSSR count). The van der Waals surface area contributed by atoms with Crippen molar-refractivity contribution in [1.29, 1.82) is 0 Å². The van der Waals surface area contributed by atoms with E-state index in [1.165, 1.54) is 0 Å². The first-order valence-corrected chi connectivity index (χ1v) is 7.87. The Morgan fingerprint density at radius 3 is 2.86 bits per heavy atom. The van der Waals surface area contributed by atoms with Crippen LogP contribution in [0.1, 0.15) is 31.6 Å². The van der Waals surface area contributed by atoms with Gasteiger partial charge in [-0.3, -0.25) is 9.69 Å². The van der Waals surface area contributed by atoms with Gasteiger partial charge in [-0.15, -0.1) is 0 Å². The number of allylic oxidation sites excluding steroid dienone is 1. The number of hydrogen-bond acceptors (Lipinski definition) is 4. The fourth-order valence-electron chi connectivity index (χ4n) is 3.22. The van der Waals surface area contributed by atoms with Crippen LogP contribution in [0.5, 0.6) is 0 Å². The van der Waals surface area contributed by atoms with Gasteiger partial charge in [0, 0.05) is 39.1 Å². The van der Waals surface area contributed by atoms with Gasteiger partial charge in [-0.05, 0) is 26.8 Å². The minimum Gasteiger partial charge on any atom is -0.498 e. The second-order valence-corrected chi connectivity index (χ2v) is 6.13. The maximum absolute atomic E-state index is 12.8. The number of hydrogen-bond donors (Lipinski definition) is 0. The van der Waals surface area contributed by atoms with Crippen LogP contribution in [0.2, 0.25) is 0 Å². The van der Waals surface area contributed by atoms with Gasteiger partial charge in [-0.25, -0.2) is 4.98 Å². The molecule has 0 radical (unpaired) electrons. The fraction of sp³-hybridized carbons (Fsp3) is 0.625. The van der Waals surface area contributed by atoms with E-state index in [1.807, 2.05) is 35.8 Å². The summed E-state index contributed by atoms with van der Waals surface area (Å²) in [5.74, 6) is 1.93. The van der Waals surface area contributed by atoms with Gasteiger partial charge in [-0.2, -0.15) is 0 Å². The second kappa shape index (κ2) is 6.12. The van der Waals surface area contributed by atoms with Crippen molar-refractivity contribution < 1.29 is 9.53 Å². The topological polar surface area (TPSA) is 50.6 Å². The molecule has 6 nitrogen and oxygen atoms in total. The largest absolute Gasteiger partial charge is 0.498 e. The van der Waals surface area contributed by atoms with Crippen molar-refractivity contribution in [1.82, 2.24) is 19.4 Å². The number of imidazole rings is 1. The molecule has 22 heavy (non-hydrogen) atoms. The Kier molecular flexibility index (Phi) is 4.20. The van der Waals surface area contributed by atoms with E-state index in [0.717, 1.165) is 49.7 Å². The smallest absolute Gasteiger partial charge is 0.253 e. The zero-order valence-electron chi connectivity index (χ0n) is 13.6. The molecular weight excluding hydrogens is 280 g/mol. The third-order valence-corrected chi connectivity index (χ3v) is 4.66. The number of aryl methyl sites for hydroxylation is 1. The molecule has 0 aromatic carbocycles. The minimum atomic E-state index is 0.129. The number of rotatable bonds is 2. The van der Waals surface area contributed by atoms with Crippen LogP contribution in [0, 0.1) is 0 Å². The molecule has 2 aliphatic rings. The van der Waals surface area contributed by atoms with Crippen molar-refractivity contribution in [2.45, 2.75) is 25.8 Å². The molecule has 2 aliphatic heterocycles.